The number of likely N-dealkylation sites (N-methyl/N-ethyl adjacent to an activating group) is 1. The molecular weight excluding hydrogens is 302 g/mol. The molecule has 0 saturated carbocycles. The fourth-order valence-corrected chi connectivity index (χ4v) is 2.42. The predicted molar refractivity (Wildman–Crippen MR) is 95.2 cm³/mol. The molecule has 0 radical (unpaired) electrons. The molecule has 1 heterocycles. The number of carbonyl (C=O) groups is 2. The Hall–Kier alpha value is -2.56. The molecule has 0 unspecified atom stereocenters. The Balaban J connectivity index is 2.06. The Morgan fingerprint density at radius 3 is 2.17 bits per heavy atom. The molecule has 0 fully saturated rings. The zero-order valence-electron chi connectivity index (χ0n) is 14.7. The van der Waals surface area contributed by atoms with Gasteiger partial charge in [0.15, 0.2) is 0 Å². The number of rotatable bonds is 5. The number of carbonyl (C=O) groups excluding carboxylic acids is 2. The lowest BCUT2D eigenvalue weighted by Gasteiger charge is -2.25. The maximum Gasteiger partial charge on any atom is 0.254 e. The average Bonchev–Trinajstić information content (AvgIpc) is 3.05. The topological polar surface area (TPSA) is 54.3 Å². The van der Waals surface area contributed by atoms with Gasteiger partial charge in [0.1, 0.15) is 0 Å². The van der Waals surface area contributed by atoms with Gasteiger partial charge in [0.2, 0.25) is 5.91 Å². The van der Waals surface area contributed by atoms with Gasteiger partial charge in [0.25, 0.3) is 5.91 Å². The summed E-state index contributed by atoms with van der Waals surface area (Å²) in [6.07, 6.45) is 3.90. The molecule has 1 N–H and O–H groups in total. The molecule has 1 aromatic heterocycles. The number of nitrogens with zero attached hydrogens (tertiary/aromatic N) is 2. The summed E-state index contributed by atoms with van der Waals surface area (Å²) >= 11 is 0. The van der Waals surface area contributed by atoms with Crippen LogP contribution in [0.1, 0.15) is 38.1 Å². The van der Waals surface area contributed by atoms with Crippen molar-refractivity contribution in [3.05, 3.63) is 54.4 Å². The van der Waals surface area contributed by atoms with E-state index in [0.717, 1.165) is 5.69 Å². The van der Waals surface area contributed by atoms with E-state index in [-0.39, 0.29) is 23.9 Å². The zero-order valence-corrected chi connectivity index (χ0v) is 14.7. The zero-order chi connectivity index (χ0) is 17.7. The summed E-state index contributed by atoms with van der Waals surface area (Å²) in [7, 11) is 0. The van der Waals surface area contributed by atoms with Crippen LogP contribution in [0.25, 0.3) is 5.69 Å². The fraction of sp³-hybridized carbons (Fsp3) is 0.368. The first-order valence-corrected chi connectivity index (χ1v) is 8.14. The number of amides is 2. The second-order valence-electron chi connectivity index (χ2n) is 6.75. The number of nitrogens with one attached hydrogen (secondary N) is 1. The van der Waals surface area contributed by atoms with Crippen LogP contribution in [0.15, 0.2) is 48.8 Å². The average molecular weight is 327 g/mol. The Morgan fingerprint density at radius 1 is 1.08 bits per heavy atom. The van der Waals surface area contributed by atoms with E-state index in [1.807, 2.05) is 68.9 Å². The maximum atomic E-state index is 12.6. The number of hydrogen-bond acceptors (Lipinski definition) is 2. The molecule has 1 aromatic carbocycles. The first-order chi connectivity index (χ1) is 11.3. The van der Waals surface area contributed by atoms with Crippen molar-refractivity contribution in [3.63, 3.8) is 0 Å². The molecule has 24 heavy (non-hydrogen) atoms. The highest BCUT2D eigenvalue weighted by molar-refractivity contribution is 5.96. The Morgan fingerprint density at radius 2 is 1.67 bits per heavy atom. The summed E-state index contributed by atoms with van der Waals surface area (Å²) in [6, 6.07) is 11.3. The summed E-state index contributed by atoms with van der Waals surface area (Å²) in [6.45, 7) is 8.17. The molecule has 0 saturated heterocycles. The van der Waals surface area contributed by atoms with Crippen LogP contribution < -0.4 is 5.32 Å². The van der Waals surface area contributed by atoms with E-state index < -0.39 is 0 Å². The van der Waals surface area contributed by atoms with E-state index in [9.17, 15) is 9.59 Å². The smallest absolute Gasteiger partial charge is 0.254 e. The minimum atomic E-state index is -0.308. The first kappa shape index (κ1) is 17.8. The van der Waals surface area contributed by atoms with Gasteiger partial charge in [-0.15, -0.1) is 0 Å². The standard InChI is InChI=1S/C19H25N3O2/c1-5-21(14-17(23)20-19(2,3)4)18(24)15-8-10-16(11-9-15)22-12-6-7-13-22/h6-13H,5,14H2,1-4H3,(H,20,23). The normalized spacial score (nSPS) is 11.2. The van der Waals surface area contributed by atoms with E-state index in [1.165, 1.54) is 0 Å². The van der Waals surface area contributed by atoms with E-state index in [1.54, 1.807) is 17.0 Å². The molecule has 0 aliphatic rings. The molecule has 0 atom stereocenters. The van der Waals surface area contributed by atoms with Crippen LogP contribution in [0.4, 0.5) is 0 Å². The summed E-state index contributed by atoms with van der Waals surface area (Å²) in [5, 5.41) is 2.88. The van der Waals surface area contributed by atoms with E-state index >= 15 is 0 Å². The lowest BCUT2D eigenvalue weighted by molar-refractivity contribution is -0.123. The van der Waals surface area contributed by atoms with Gasteiger partial charge >= 0.3 is 0 Å². The first-order valence-electron chi connectivity index (χ1n) is 8.14. The predicted octanol–water partition coefficient (Wildman–Crippen LogP) is 2.85. The van der Waals surface area contributed by atoms with E-state index in [4.69, 9.17) is 0 Å². The van der Waals surface area contributed by atoms with Gasteiger partial charge in [-0.3, -0.25) is 9.59 Å². The van der Waals surface area contributed by atoms with Crippen LogP contribution in [-0.2, 0) is 4.79 Å². The minimum Gasteiger partial charge on any atom is -0.350 e. The molecule has 0 aliphatic heterocycles. The monoisotopic (exact) mass is 327 g/mol. The Kier molecular flexibility index (Phi) is 5.44. The van der Waals surface area contributed by atoms with Crippen molar-refractivity contribution >= 4 is 11.8 Å². The second-order valence-corrected chi connectivity index (χ2v) is 6.75. The summed E-state index contributed by atoms with van der Waals surface area (Å²) in [4.78, 5) is 26.2. The van der Waals surface area contributed by atoms with Crippen LogP contribution in [0.5, 0.6) is 0 Å². The maximum absolute atomic E-state index is 12.6. The van der Waals surface area contributed by atoms with E-state index in [2.05, 4.69) is 5.32 Å². The summed E-state index contributed by atoms with van der Waals surface area (Å²) in [5.41, 5.74) is 1.26. The molecule has 2 aromatic rings. The molecule has 0 aliphatic carbocycles. The van der Waals surface area contributed by atoms with Gasteiger partial charge in [-0.05, 0) is 64.1 Å². The van der Waals surface area contributed by atoms with Crippen LogP contribution >= 0.6 is 0 Å². The third-order valence-corrected chi connectivity index (χ3v) is 3.53. The van der Waals surface area contributed by atoms with E-state index in [0.29, 0.717) is 12.1 Å². The van der Waals surface area contributed by atoms with Crippen molar-refractivity contribution < 1.29 is 9.59 Å². The fourth-order valence-electron chi connectivity index (χ4n) is 2.42. The Labute approximate surface area is 143 Å². The van der Waals surface area contributed by atoms with Gasteiger partial charge in [-0.25, -0.2) is 0 Å². The van der Waals surface area contributed by atoms with Crippen LogP contribution in [0.2, 0.25) is 0 Å². The molecule has 2 amide bonds. The summed E-state index contributed by atoms with van der Waals surface area (Å²) in [5.74, 6) is -0.290. The van der Waals surface area contributed by atoms with Gasteiger partial charge in [-0.2, -0.15) is 0 Å². The highest BCUT2D eigenvalue weighted by atomic mass is 16.2. The molecule has 128 valence electrons. The number of hydrogen-bond donors (Lipinski definition) is 1. The number of benzene rings is 1. The van der Waals surface area contributed by atoms with Crippen molar-refractivity contribution in [2.45, 2.75) is 33.2 Å². The number of aromatic nitrogens is 1. The Bertz CT molecular complexity index is 682. The van der Waals surface area contributed by atoms with Crippen LogP contribution in [-0.4, -0.2) is 39.9 Å². The quantitative estimate of drug-likeness (QED) is 0.918. The van der Waals surface area contributed by atoms with Gasteiger partial charge < -0.3 is 14.8 Å². The third-order valence-electron chi connectivity index (χ3n) is 3.53. The van der Waals surface area contributed by atoms with Crippen LogP contribution in [0, 0.1) is 0 Å². The van der Waals surface area contributed by atoms with Crippen molar-refractivity contribution in [2.75, 3.05) is 13.1 Å². The van der Waals surface area contributed by atoms with Crippen molar-refractivity contribution in [2.24, 2.45) is 0 Å². The molecular formula is C19H25N3O2. The van der Waals surface area contributed by atoms with Crippen LogP contribution in [0.3, 0.4) is 0 Å². The third kappa shape index (κ3) is 4.72. The van der Waals surface area contributed by atoms with Gasteiger partial charge in [0.05, 0.1) is 6.54 Å². The summed E-state index contributed by atoms with van der Waals surface area (Å²) < 4.78 is 1.97. The molecule has 0 spiro atoms. The van der Waals surface area contributed by atoms with Crippen molar-refractivity contribution in [3.8, 4) is 5.69 Å². The van der Waals surface area contributed by atoms with Gasteiger partial charge in [0, 0.05) is 35.7 Å². The largest absolute Gasteiger partial charge is 0.350 e. The molecule has 2 rings (SSSR count). The minimum absolute atomic E-state index is 0.0615. The lowest BCUT2D eigenvalue weighted by Crippen LogP contribution is -2.47. The second kappa shape index (κ2) is 7.34. The SMILES string of the molecule is CCN(CC(=O)NC(C)(C)C)C(=O)c1ccc(-n2cccc2)cc1. The van der Waals surface area contributed by atoms with Crippen molar-refractivity contribution in [1.82, 2.24) is 14.8 Å². The van der Waals surface area contributed by atoms with Gasteiger partial charge in [-0.1, -0.05) is 0 Å². The molecule has 0 bridgehead atoms. The van der Waals surface area contributed by atoms with Crippen molar-refractivity contribution in [1.29, 1.82) is 0 Å². The lowest BCUT2D eigenvalue weighted by atomic mass is 10.1. The highest BCUT2D eigenvalue weighted by Gasteiger charge is 2.20. The molecule has 5 nitrogen and oxygen atoms in total. The molecule has 5 heteroatoms. The highest BCUT2D eigenvalue weighted by Crippen LogP contribution is 2.12.